The van der Waals surface area contributed by atoms with Crippen LogP contribution < -0.4 is 9.47 Å². The Bertz CT molecular complexity index is 951. The second-order valence-electron chi connectivity index (χ2n) is 5.32. The van der Waals surface area contributed by atoms with E-state index in [1.54, 1.807) is 26.1 Å². The van der Waals surface area contributed by atoms with Gasteiger partial charge in [-0.3, -0.25) is 9.38 Å². The van der Waals surface area contributed by atoms with Gasteiger partial charge in [-0.05, 0) is 25.5 Å². The first kappa shape index (κ1) is 16.6. The Kier molecular flexibility index (Phi) is 4.22. The number of aryl methyl sites for hydroxylation is 2. The van der Waals surface area contributed by atoms with Crippen LogP contribution in [0.2, 0.25) is 0 Å². The van der Waals surface area contributed by atoms with Crippen LogP contribution in [0.5, 0.6) is 11.6 Å². The molecule has 0 fully saturated rings. The van der Waals surface area contributed by atoms with E-state index in [-0.39, 0.29) is 29.4 Å². The molecule has 9 heteroatoms. The maximum Gasteiger partial charge on any atom is 0.512 e. The van der Waals surface area contributed by atoms with E-state index in [1.165, 1.54) is 4.40 Å². The Morgan fingerprint density at radius 3 is 2.60 bits per heavy atom. The minimum atomic E-state index is -1.48. The number of rotatable bonds is 4. The van der Waals surface area contributed by atoms with E-state index in [9.17, 15) is 13.6 Å². The van der Waals surface area contributed by atoms with Crippen molar-refractivity contribution in [3.8, 4) is 11.6 Å². The summed E-state index contributed by atoms with van der Waals surface area (Å²) in [5.41, 5.74) is 1.05. The summed E-state index contributed by atoms with van der Waals surface area (Å²) in [6.07, 6.45) is 1.93. The molecule has 7 nitrogen and oxygen atoms in total. The van der Waals surface area contributed by atoms with Crippen LogP contribution in [0.25, 0.3) is 5.65 Å². The van der Waals surface area contributed by atoms with Crippen molar-refractivity contribution in [1.29, 1.82) is 0 Å². The van der Waals surface area contributed by atoms with Crippen molar-refractivity contribution in [1.82, 2.24) is 14.4 Å². The van der Waals surface area contributed by atoms with E-state index < -0.39 is 17.8 Å². The molecule has 0 aliphatic heterocycles. The highest BCUT2D eigenvalue weighted by atomic mass is 19.1. The summed E-state index contributed by atoms with van der Waals surface area (Å²) in [6.45, 7) is 2.95. The summed E-state index contributed by atoms with van der Waals surface area (Å²) in [6, 6.07) is 1.63. The van der Waals surface area contributed by atoms with E-state index in [2.05, 4.69) is 9.97 Å². The van der Waals surface area contributed by atoms with Gasteiger partial charge in [0.1, 0.15) is 12.3 Å². The highest BCUT2D eigenvalue weighted by molar-refractivity contribution is 5.64. The van der Waals surface area contributed by atoms with Crippen molar-refractivity contribution >= 4 is 11.8 Å². The average Bonchev–Trinajstić information content (AvgIpc) is 2.82. The van der Waals surface area contributed by atoms with Crippen molar-refractivity contribution < 1.29 is 28.2 Å². The Morgan fingerprint density at radius 2 is 1.96 bits per heavy atom. The summed E-state index contributed by atoms with van der Waals surface area (Å²) in [4.78, 5) is 18.5. The van der Waals surface area contributed by atoms with Crippen molar-refractivity contribution in [2.24, 2.45) is 0 Å². The highest BCUT2D eigenvalue weighted by Crippen LogP contribution is 2.29. The minimum absolute atomic E-state index is 0.0253. The number of hydrogen-bond donors (Lipinski definition) is 1. The Morgan fingerprint density at radius 1 is 1.28 bits per heavy atom. The fourth-order valence-electron chi connectivity index (χ4n) is 2.37. The lowest BCUT2D eigenvalue weighted by molar-refractivity contribution is 0.141. The van der Waals surface area contributed by atoms with E-state index in [0.717, 1.165) is 12.4 Å². The van der Waals surface area contributed by atoms with Crippen LogP contribution >= 0.6 is 0 Å². The number of carboxylic acid groups (broad SMARTS) is 1. The number of halogens is 2. The normalized spacial score (nSPS) is 10.9. The van der Waals surface area contributed by atoms with Crippen LogP contribution in [0.4, 0.5) is 13.6 Å². The standard InChI is InChI=1S/C16H13F2N3O4/c1-8-3-13(24-7-10-11(17)4-19-5-12(10)18)14-20-9(2)15(21(14)6-8)25-16(22)23/h3-6H,7H2,1-2H3,(H,22,23). The molecular formula is C16H13F2N3O4. The molecule has 0 aliphatic rings. The van der Waals surface area contributed by atoms with Gasteiger partial charge in [-0.25, -0.2) is 18.6 Å². The molecule has 3 aromatic rings. The monoisotopic (exact) mass is 349 g/mol. The number of hydrogen-bond acceptors (Lipinski definition) is 5. The molecule has 0 aromatic carbocycles. The van der Waals surface area contributed by atoms with Crippen LogP contribution in [-0.4, -0.2) is 25.6 Å². The van der Waals surface area contributed by atoms with Crippen LogP contribution in [-0.2, 0) is 6.61 Å². The van der Waals surface area contributed by atoms with Crippen molar-refractivity contribution in [3.05, 3.63) is 53.1 Å². The summed E-state index contributed by atoms with van der Waals surface area (Å²) >= 11 is 0. The lowest BCUT2D eigenvalue weighted by atomic mass is 10.2. The maximum atomic E-state index is 13.7. The number of imidazole rings is 1. The summed E-state index contributed by atoms with van der Waals surface area (Å²) in [5, 5.41) is 8.84. The number of carbonyl (C=O) groups is 1. The Labute approximate surface area is 140 Å². The van der Waals surface area contributed by atoms with Gasteiger partial charge in [-0.2, -0.15) is 0 Å². The average molecular weight is 349 g/mol. The van der Waals surface area contributed by atoms with Crippen LogP contribution in [0.15, 0.2) is 24.7 Å². The molecule has 1 N–H and O–H groups in total. The van der Waals surface area contributed by atoms with Crippen LogP contribution in [0.1, 0.15) is 16.8 Å². The largest absolute Gasteiger partial charge is 0.512 e. The van der Waals surface area contributed by atoms with Crippen molar-refractivity contribution in [3.63, 3.8) is 0 Å². The number of pyridine rings is 2. The molecule has 0 radical (unpaired) electrons. The van der Waals surface area contributed by atoms with Crippen LogP contribution in [0.3, 0.4) is 0 Å². The van der Waals surface area contributed by atoms with Gasteiger partial charge < -0.3 is 14.6 Å². The minimum Gasteiger partial charge on any atom is -0.485 e. The van der Waals surface area contributed by atoms with Gasteiger partial charge in [-0.15, -0.1) is 0 Å². The third-order valence-corrected chi connectivity index (χ3v) is 3.45. The van der Waals surface area contributed by atoms with Gasteiger partial charge in [0.15, 0.2) is 23.0 Å². The lowest BCUT2D eigenvalue weighted by Crippen LogP contribution is -2.07. The molecule has 0 spiro atoms. The number of fused-ring (bicyclic) bond motifs is 1. The third-order valence-electron chi connectivity index (χ3n) is 3.45. The van der Waals surface area contributed by atoms with E-state index in [0.29, 0.717) is 11.3 Å². The molecule has 0 unspecified atom stereocenters. The molecule has 3 heterocycles. The van der Waals surface area contributed by atoms with Crippen molar-refractivity contribution in [2.75, 3.05) is 0 Å². The van der Waals surface area contributed by atoms with Gasteiger partial charge >= 0.3 is 6.16 Å². The molecular weight excluding hydrogens is 336 g/mol. The zero-order chi connectivity index (χ0) is 18.1. The summed E-state index contributed by atoms with van der Waals surface area (Å²) < 4.78 is 39.0. The predicted octanol–water partition coefficient (Wildman–Crippen LogP) is 3.26. The predicted molar refractivity (Wildman–Crippen MR) is 81.8 cm³/mol. The topological polar surface area (TPSA) is 86.0 Å². The van der Waals surface area contributed by atoms with Gasteiger partial charge in [0.2, 0.25) is 5.88 Å². The second-order valence-corrected chi connectivity index (χ2v) is 5.32. The summed E-state index contributed by atoms with van der Waals surface area (Å²) in [7, 11) is 0. The van der Waals surface area contributed by atoms with E-state index >= 15 is 0 Å². The molecule has 0 saturated heterocycles. The van der Waals surface area contributed by atoms with Crippen molar-refractivity contribution in [2.45, 2.75) is 20.5 Å². The number of nitrogens with zero attached hydrogens (tertiary/aromatic N) is 3. The van der Waals surface area contributed by atoms with Gasteiger partial charge in [0.05, 0.1) is 18.0 Å². The third kappa shape index (κ3) is 3.21. The Hall–Kier alpha value is -3.23. The van der Waals surface area contributed by atoms with E-state index in [1.807, 2.05) is 0 Å². The molecule has 3 rings (SSSR count). The first-order valence-corrected chi connectivity index (χ1v) is 7.17. The first-order chi connectivity index (χ1) is 11.9. The molecule has 25 heavy (non-hydrogen) atoms. The van der Waals surface area contributed by atoms with Gasteiger partial charge in [-0.1, -0.05) is 0 Å². The zero-order valence-electron chi connectivity index (χ0n) is 13.3. The quantitative estimate of drug-likeness (QED) is 0.728. The lowest BCUT2D eigenvalue weighted by Gasteiger charge is -2.10. The van der Waals surface area contributed by atoms with Gasteiger partial charge in [0.25, 0.3) is 0 Å². The fraction of sp³-hybridized carbons (Fsp3) is 0.188. The number of aromatic nitrogens is 3. The summed E-state index contributed by atoms with van der Waals surface area (Å²) in [5.74, 6) is -1.38. The molecule has 0 amide bonds. The smallest absolute Gasteiger partial charge is 0.485 e. The number of ether oxygens (including phenoxy) is 2. The maximum absolute atomic E-state index is 13.7. The van der Waals surface area contributed by atoms with E-state index in [4.69, 9.17) is 14.6 Å². The molecule has 0 atom stereocenters. The SMILES string of the molecule is Cc1cc(OCc2c(F)cncc2F)c2nc(C)c(OC(=O)O)n2c1. The molecule has 0 bridgehead atoms. The molecule has 130 valence electrons. The first-order valence-electron chi connectivity index (χ1n) is 7.17. The molecule has 3 aromatic heterocycles. The molecule has 0 aliphatic carbocycles. The van der Waals surface area contributed by atoms with Crippen LogP contribution in [0, 0.1) is 25.5 Å². The Balaban J connectivity index is 2.00. The second kappa shape index (κ2) is 6.34. The van der Waals surface area contributed by atoms with Gasteiger partial charge in [0, 0.05) is 6.20 Å². The fourth-order valence-corrected chi connectivity index (χ4v) is 2.37. The molecule has 0 saturated carbocycles. The highest BCUT2D eigenvalue weighted by Gasteiger charge is 2.18. The zero-order valence-corrected chi connectivity index (χ0v) is 13.3.